The predicted octanol–water partition coefficient (Wildman–Crippen LogP) is -0.0417. The monoisotopic (exact) mass is 177 g/mol. The summed E-state index contributed by atoms with van der Waals surface area (Å²) in [6.45, 7) is 0. The molecule has 0 saturated carbocycles. The Morgan fingerprint density at radius 1 is 1.46 bits per heavy atom. The van der Waals surface area contributed by atoms with E-state index in [0.29, 0.717) is 5.69 Å². The SMILES string of the molecule is N=C(N)NN([C]=O)c1ccccc1. The Kier molecular flexibility index (Phi) is 2.86. The van der Waals surface area contributed by atoms with Gasteiger partial charge in [-0.1, -0.05) is 18.2 Å². The smallest absolute Gasteiger partial charge is 0.337 e. The van der Waals surface area contributed by atoms with Crippen LogP contribution >= 0.6 is 0 Å². The molecular weight excluding hydrogens is 168 g/mol. The van der Waals surface area contributed by atoms with Gasteiger partial charge in [0.15, 0.2) is 0 Å². The number of carbonyl (C=O) groups excluding carboxylic acids is 1. The summed E-state index contributed by atoms with van der Waals surface area (Å²) in [6, 6.07) is 8.74. The van der Waals surface area contributed by atoms with Gasteiger partial charge in [0.25, 0.3) is 0 Å². The molecule has 5 heteroatoms. The van der Waals surface area contributed by atoms with E-state index in [0.717, 1.165) is 5.01 Å². The zero-order chi connectivity index (χ0) is 9.68. The molecule has 0 heterocycles. The average Bonchev–Trinajstić information content (AvgIpc) is 2.15. The lowest BCUT2D eigenvalue weighted by Gasteiger charge is -2.16. The van der Waals surface area contributed by atoms with Crippen molar-refractivity contribution in [1.82, 2.24) is 5.43 Å². The molecule has 0 unspecified atom stereocenters. The summed E-state index contributed by atoms with van der Waals surface area (Å²) >= 11 is 0. The minimum Gasteiger partial charge on any atom is -0.369 e. The molecule has 1 rings (SSSR count). The van der Waals surface area contributed by atoms with Gasteiger partial charge in [0.1, 0.15) is 0 Å². The number of amides is 1. The number of hydrogen-bond acceptors (Lipinski definition) is 2. The van der Waals surface area contributed by atoms with Crippen molar-refractivity contribution in [3.63, 3.8) is 0 Å². The molecule has 13 heavy (non-hydrogen) atoms. The van der Waals surface area contributed by atoms with Crippen molar-refractivity contribution in [1.29, 1.82) is 5.41 Å². The van der Waals surface area contributed by atoms with Crippen LogP contribution in [0.15, 0.2) is 30.3 Å². The average molecular weight is 177 g/mol. The van der Waals surface area contributed by atoms with E-state index in [2.05, 4.69) is 5.43 Å². The Morgan fingerprint density at radius 3 is 2.54 bits per heavy atom. The first-order chi connectivity index (χ1) is 6.24. The molecule has 0 aromatic heterocycles. The Labute approximate surface area is 75.6 Å². The quantitative estimate of drug-likeness (QED) is 0.262. The third kappa shape index (κ3) is 2.48. The molecule has 0 aliphatic heterocycles. The van der Waals surface area contributed by atoms with E-state index in [1.807, 2.05) is 6.07 Å². The van der Waals surface area contributed by atoms with Crippen LogP contribution in [0.2, 0.25) is 0 Å². The van der Waals surface area contributed by atoms with Crippen molar-refractivity contribution in [3.8, 4) is 0 Å². The molecule has 67 valence electrons. The summed E-state index contributed by atoms with van der Waals surface area (Å²) in [5.74, 6) is -0.313. The highest BCUT2D eigenvalue weighted by Crippen LogP contribution is 2.07. The normalized spacial score (nSPS) is 8.92. The Balaban J connectivity index is 2.78. The van der Waals surface area contributed by atoms with Crippen LogP contribution in [-0.4, -0.2) is 12.4 Å². The number of benzene rings is 1. The predicted molar refractivity (Wildman–Crippen MR) is 49.7 cm³/mol. The largest absolute Gasteiger partial charge is 0.369 e. The van der Waals surface area contributed by atoms with Crippen LogP contribution in [0.1, 0.15) is 0 Å². The molecule has 0 bridgehead atoms. The summed E-state index contributed by atoms with van der Waals surface area (Å²) in [7, 11) is 0. The molecule has 0 atom stereocenters. The molecule has 0 aliphatic rings. The highest BCUT2D eigenvalue weighted by atomic mass is 16.1. The van der Waals surface area contributed by atoms with Gasteiger partial charge in [-0.3, -0.25) is 15.6 Å². The number of hydrogen-bond donors (Lipinski definition) is 3. The van der Waals surface area contributed by atoms with Crippen LogP contribution in [0.5, 0.6) is 0 Å². The Hall–Kier alpha value is -2.04. The van der Waals surface area contributed by atoms with Crippen LogP contribution in [-0.2, 0) is 4.79 Å². The van der Waals surface area contributed by atoms with Gasteiger partial charge in [-0.05, 0) is 12.1 Å². The zero-order valence-corrected chi connectivity index (χ0v) is 6.82. The summed E-state index contributed by atoms with van der Waals surface area (Å²) in [5, 5.41) is 7.93. The zero-order valence-electron chi connectivity index (χ0n) is 6.82. The lowest BCUT2D eigenvalue weighted by atomic mass is 10.3. The van der Waals surface area contributed by atoms with E-state index >= 15 is 0 Å². The Bertz CT molecular complexity index is 298. The van der Waals surface area contributed by atoms with Crippen LogP contribution in [0.3, 0.4) is 0 Å². The third-order valence-corrected chi connectivity index (χ3v) is 1.34. The third-order valence-electron chi connectivity index (χ3n) is 1.34. The lowest BCUT2D eigenvalue weighted by molar-refractivity contribution is 0.548. The topological polar surface area (TPSA) is 82.2 Å². The van der Waals surface area contributed by atoms with Gasteiger partial charge in [-0.2, -0.15) is 0 Å². The molecule has 1 radical (unpaired) electrons. The lowest BCUT2D eigenvalue weighted by Crippen LogP contribution is -2.44. The van der Waals surface area contributed by atoms with Gasteiger partial charge in [0.05, 0.1) is 5.69 Å². The fourth-order valence-corrected chi connectivity index (χ4v) is 0.838. The number of rotatable bonds is 3. The second kappa shape index (κ2) is 4.10. The van der Waals surface area contributed by atoms with Crippen molar-refractivity contribution >= 4 is 18.1 Å². The van der Waals surface area contributed by atoms with Crippen molar-refractivity contribution in [2.75, 3.05) is 5.01 Å². The van der Waals surface area contributed by atoms with E-state index in [4.69, 9.17) is 11.1 Å². The first kappa shape index (κ1) is 9.05. The molecule has 1 aromatic rings. The van der Waals surface area contributed by atoms with Crippen molar-refractivity contribution < 1.29 is 4.79 Å². The molecule has 5 nitrogen and oxygen atoms in total. The molecule has 0 saturated heterocycles. The fraction of sp³-hybridized carbons (Fsp3) is 0. The number of nitrogens with two attached hydrogens (primary N) is 1. The van der Waals surface area contributed by atoms with Gasteiger partial charge in [0.2, 0.25) is 5.96 Å². The first-order valence-electron chi connectivity index (χ1n) is 3.57. The van der Waals surface area contributed by atoms with Crippen molar-refractivity contribution in [3.05, 3.63) is 30.3 Å². The van der Waals surface area contributed by atoms with Crippen molar-refractivity contribution in [2.45, 2.75) is 0 Å². The van der Waals surface area contributed by atoms with E-state index in [1.165, 1.54) is 0 Å². The summed E-state index contributed by atoms with van der Waals surface area (Å²) in [4.78, 5) is 10.4. The number of nitrogens with zero attached hydrogens (tertiary/aromatic N) is 1. The Morgan fingerprint density at radius 2 is 2.08 bits per heavy atom. The second-order valence-electron chi connectivity index (χ2n) is 2.29. The second-order valence-corrected chi connectivity index (χ2v) is 2.29. The molecule has 0 spiro atoms. The number of nitrogens with one attached hydrogen (secondary N) is 2. The van der Waals surface area contributed by atoms with Crippen LogP contribution in [0.4, 0.5) is 5.69 Å². The maximum absolute atomic E-state index is 10.4. The van der Waals surface area contributed by atoms with Crippen LogP contribution in [0.25, 0.3) is 0 Å². The summed E-state index contributed by atoms with van der Waals surface area (Å²) < 4.78 is 0. The number of hydrazine groups is 1. The summed E-state index contributed by atoms with van der Waals surface area (Å²) in [5.41, 5.74) is 7.95. The maximum Gasteiger partial charge on any atom is 0.337 e. The highest BCUT2D eigenvalue weighted by Gasteiger charge is 2.04. The maximum atomic E-state index is 10.4. The number of guanidine groups is 1. The van der Waals surface area contributed by atoms with Gasteiger partial charge < -0.3 is 5.73 Å². The van der Waals surface area contributed by atoms with E-state index in [-0.39, 0.29) is 5.96 Å². The van der Waals surface area contributed by atoms with E-state index < -0.39 is 0 Å². The standard InChI is InChI=1S/C8H9N4O/c9-8(10)11-12(6-13)7-4-2-1-3-5-7/h1-5H,(H4,9,10,11). The van der Waals surface area contributed by atoms with Gasteiger partial charge >= 0.3 is 6.41 Å². The fourth-order valence-electron chi connectivity index (χ4n) is 0.838. The number of anilines is 1. The van der Waals surface area contributed by atoms with Gasteiger partial charge in [-0.15, -0.1) is 0 Å². The molecule has 1 amide bonds. The minimum absolute atomic E-state index is 0.313. The summed E-state index contributed by atoms with van der Waals surface area (Å²) in [6.07, 6.45) is 1.60. The van der Waals surface area contributed by atoms with Crippen LogP contribution < -0.4 is 16.2 Å². The van der Waals surface area contributed by atoms with Gasteiger partial charge in [-0.25, -0.2) is 5.01 Å². The van der Waals surface area contributed by atoms with Crippen LogP contribution in [0, 0.1) is 5.41 Å². The molecule has 0 fully saturated rings. The van der Waals surface area contributed by atoms with E-state index in [1.54, 1.807) is 30.7 Å². The number of para-hydroxylation sites is 1. The van der Waals surface area contributed by atoms with E-state index in [9.17, 15) is 4.79 Å². The molecule has 4 N–H and O–H groups in total. The molecule has 1 aromatic carbocycles. The first-order valence-corrected chi connectivity index (χ1v) is 3.57. The van der Waals surface area contributed by atoms with Gasteiger partial charge in [0, 0.05) is 0 Å². The van der Waals surface area contributed by atoms with Crippen molar-refractivity contribution in [2.24, 2.45) is 5.73 Å². The minimum atomic E-state index is -0.313. The highest BCUT2D eigenvalue weighted by molar-refractivity contribution is 5.84. The molecular formula is C8H9N4O. The molecule has 0 aliphatic carbocycles.